The Labute approximate surface area is 365 Å². The standard InChI is InChI=1S/C28H27N3O.C27H26N2O/c1-20-16-27(31-15-14-22(19-31)17-21-8-4-2-5-9-21)25-18-24(12-13-26(25)29-20)30-28(32)23-10-6-3-7-11-23;1-20-16-27(29-15-14-22(19-29)17-21-8-4-2-5-9-21)25-18-24(12-13-26(25)28-20)30-23-10-6-3-7-11-23/h2-13,16,18,22H,14-15,17,19H2,1H3,(H,30,32);2-13,16,18,22H,14-15,17,19H2,1H3. The summed E-state index contributed by atoms with van der Waals surface area (Å²) < 4.78 is 6.09. The van der Waals surface area contributed by atoms with Gasteiger partial charge < -0.3 is 19.9 Å². The SMILES string of the molecule is Cc1cc(N2CCC(Cc3ccccc3)C2)c2cc(NC(=O)c3ccccc3)ccc2n1.Cc1cc(N2CCC(Cc3ccccc3)C2)c2cc(Oc3ccccc3)ccc2n1. The maximum Gasteiger partial charge on any atom is 0.255 e. The molecule has 6 aromatic carbocycles. The number of nitrogens with zero attached hydrogens (tertiary/aromatic N) is 4. The number of aromatic nitrogens is 2. The molecule has 2 aliphatic heterocycles. The van der Waals surface area contributed by atoms with Crippen molar-refractivity contribution in [3.05, 3.63) is 198 Å². The van der Waals surface area contributed by atoms with Crippen LogP contribution in [0.1, 0.15) is 45.7 Å². The lowest BCUT2D eigenvalue weighted by Gasteiger charge is -2.22. The van der Waals surface area contributed by atoms with Crippen molar-refractivity contribution in [1.29, 1.82) is 0 Å². The van der Waals surface area contributed by atoms with Crippen molar-refractivity contribution >= 4 is 44.8 Å². The molecule has 62 heavy (non-hydrogen) atoms. The van der Waals surface area contributed by atoms with Crippen LogP contribution in [0.2, 0.25) is 0 Å². The number of anilines is 3. The number of aryl methyl sites for hydroxylation is 2. The third-order valence-corrected chi connectivity index (χ3v) is 12.1. The van der Waals surface area contributed by atoms with Gasteiger partial charge in [-0.05, 0) is 135 Å². The topological polar surface area (TPSA) is 70.6 Å². The Kier molecular flexibility index (Phi) is 12.2. The lowest BCUT2D eigenvalue weighted by molar-refractivity contribution is 0.102. The van der Waals surface area contributed by atoms with E-state index in [0.717, 1.165) is 89.4 Å². The van der Waals surface area contributed by atoms with Crippen LogP contribution in [0.15, 0.2) is 170 Å². The molecule has 310 valence electrons. The summed E-state index contributed by atoms with van der Waals surface area (Å²) in [6, 6.07) is 57.4. The van der Waals surface area contributed by atoms with Crippen LogP contribution >= 0.6 is 0 Å². The third kappa shape index (κ3) is 9.79. The van der Waals surface area contributed by atoms with E-state index in [4.69, 9.17) is 14.7 Å². The molecule has 0 spiro atoms. The zero-order chi connectivity index (χ0) is 42.3. The van der Waals surface area contributed by atoms with Gasteiger partial charge in [0.25, 0.3) is 5.91 Å². The molecule has 1 N–H and O–H groups in total. The van der Waals surface area contributed by atoms with Crippen molar-refractivity contribution in [3.8, 4) is 11.5 Å². The summed E-state index contributed by atoms with van der Waals surface area (Å²) >= 11 is 0. The number of nitrogens with one attached hydrogen (secondary N) is 1. The van der Waals surface area contributed by atoms with Crippen LogP contribution in [0.4, 0.5) is 17.1 Å². The minimum Gasteiger partial charge on any atom is -0.457 e. The van der Waals surface area contributed by atoms with E-state index >= 15 is 0 Å². The number of amides is 1. The van der Waals surface area contributed by atoms with E-state index < -0.39 is 0 Å². The first-order chi connectivity index (χ1) is 30.4. The van der Waals surface area contributed by atoms with Gasteiger partial charge in [-0.2, -0.15) is 0 Å². The number of pyridine rings is 2. The Morgan fingerprint density at radius 1 is 0.565 bits per heavy atom. The summed E-state index contributed by atoms with van der Waals surface area (Å²) in [5, 5.41) is 5.29. The summed E-state index contributed by atoms with van der Waals surface area (Å²) in [6.07, 6.45) is 4.65. The molecule has 2 aromatic heterocycles. The van der Waals surface area contributed by atoms with Gasteiger partial charge in [-0.25, -0.2) is 0 Å². The van der Waals surface area contributed by atoms with Crippen LogP contribution in [0.25, 0.3) is 21.8 Å². The summed E-state index contributed by atoms with van der Waals surface area (Å²) in [5.74, 6) is 2.92. The van der Waals surface area contributed by atoms with Gasteiger partial charge in [0.15, 0.2) is 0 Å². The van der Waals surface area contributed by atoms with Crippen molar-refractivity contribution in [1.82, 2.24) is 9.97 Å². The van der Waals surface area contributed by atoms with Crippen LogP contribution in [0.3, 0.4) is 0 Å². The predicted molar refractivity (Wildman–Crippen MR) is 255 cm³/mol. The first kappa shape index (κ1) is 40.4. The largest absolute Gasteiger partial charge is 0.457 e. The van der Waals surface area contributed by atoms with Crippen LogP contribution in [0.5, 0.6) is 11.5 Å². The fraction of sp³-hybridized carbons (Fsp3) is 0.218. The number of hydrogen-bond donors (Lipinski definition) is 1. The maximum absolute atomic E-state index is 12.6. The molecule has 2 unspecified atom stereocenters. The molecule has 2 atom stereocenters. The molecule has 0 bridgehead atoms. The number of benzene rings is 6. The molecular weight excluding hydrogens is 763 g/mol. The fourth-order valence-electron chi connectivity index (χ4n) is 9.07. The molecule has 0 saturated carbocycles. The molecule has 2 aliphatic rings. The predicted octanol–water partition coefficient (Wildman–Crippen LogP) is 12.3. The van der Waals surface area contributed by atoms with Gasteiger partial charge in [-0.15, -0.1) is 0 Å². The van der Waals surface area contributed by atoms with Crippen molar-refractivity contribution in [2.45, 2.75) is 39.5 Å². The number of rotatable bonds is 10. The van der Waals surface area contributed by atoms with Gasteiger partial charge in [-0.3, -0.25) is 14.8 Å². The maximum atomic E-state index is 12.6. The molecule has 10 rings (SSSR count). The number of carbonyl (C=O) groups excluding carboxylic acids is 1. The van der Waals surface area contributed by atoms with Crippen LogP contribution in [-0.4, -0.2) is 42.1 Å². The molecule has 8 aromatic rings. The summed E-state index contributed by atoms with van der Waals surface area (Å²) in [4.78, 5) is 27.1. The van der Waals surface area contributed by atoms with E-state index in [1.807, 2.05) is 85.8 Å². The Morgan fingerprint density at radius 2 is 1.05 bits per heavy atom. The van der Waals surface area contributed by atoms with Gasteiger partial charge in [0.05, 0.1) is 11.0 Å². The van der Waals surface area contributed by atoms with Crippen molar-refractivity contribution in [2.24, 2.45) is 11.8 Å². The van der Waals surface area contributed by atoms with Gasteiger partial charge in [0.2, 0.25) is 0 Å². The minimum absolute atomic E-state index is 0.101. The molecule has 1 amide bonds. The van der Waals surface area contributed by atoms with Crippen molar-refractivity contribution in [3.63, 3.8) is 0 Å². The Morgan fingerprint density at radius 3 is 1.60 bits per heavy atom. The van der Waals surface area contributed by atoms with Gasteiger partial charge in [0.1, 0.15) is 11.5 Å². The zero-order valence-corrected chi connectivity index (χ0v) is 35.6. The Hall–Kier alpha value is -6.99. The number of hydrogen-bond acceptors (Lipinski definition) is 6. The monoisotopic (exact) mass is 815 g/mol. The summed E-state index contributed by atoms with van der Waals surface area (Å²) in [6.45, 7) is 8.36. The average molecular weight is 816 g/mol. The second-order valence-corrected chi connectivity index (χ2v) is 16.8. The highest BCUT2D eigenvalue weighted by Crippen LogP contribution is 2.36. The van der Waals surface area contributed by atoms with E-state index in [1.165, 1.54) is 35.3 Å². The normalized spacial score (nSPS) is 16.0. The number of carbonyl (C=O) groups is 1. The molecule has 7 nitrogen and oxygen atoms in total. The van der Waals surface area contributed by atoms with Crippen molar-refractivity contribution in [2.75, 3.05) is 41.3 Å². The minimum atomic E-state index is -0.101. The Balaban J connectivity index is 0.000000158. The summed E-state index contributed by atoms with van der Waals surface area (Å²) in [7, 11) is 0. The highest BCUT2D eigenvalue weighted by atomic mass is 16.5. The van der Waals surface area contributed by atoms with Crippen molar-refractivity contribution < 1.29 is 9.53 Å². The quantitative estimate of drug-likeness (QED) is 0.148. The van der Waals surface area contributed by atoms with E-state index in [2.05, 4.69) is 113 Å². The fourth-order valence-corrected chi connectivity index (χ4v) is 9.07. The highest BCUT2D eigenvalue weighted by molar-refractivity contribution is 6.06. The lowest BCUT2D eigenvalue weighted by Crippen LogP contribution is -2.21. The van der Waals surface area contributed by atoms with Gasteiger partial charge in [-0.1, -0.05) is 97.1 Å². The molecule has 0 aliphatic carbocycles. The van der Waals surface area contributed by atoms with Crippen LogP contribution in [-0.2, 0) is 12.8 Å². The molecule has 7 heteroatoms. The van der Waals surface area contributed by atoms with Crippen LogP contribution < -0.4 is 19.9 Å². The summed E-state index contributed by atoms with van der Waals surface area (Å²) in [5.41, 5.74) is 10.8. The first-order valence-corrected chi connectivity index (χ1v) is 21.9. The average Bonchev–Trinajstić information content (AvgIpc) is 3.97. The van der Waals surface area contributed by atoms with E-state index in [1.54, 1.807) is 0 Å². The molecule has 4 heterocycles. The van der Waals surface area contributed by atoms with E-state index in [-0.39, 0.29) is 5.91 Å². The lowest BCUT2D eigenvalue weighted by atomic mass is 9.99. The Bertz CT molecular complexity index is 2760. The molecule has 0 radical (unpaired) electrons. The van der Waals surface area contributed by atoms with Gasteiger partial charge >= 0.3 is 0 Å². The number of fused-ring (bicyclic) bond motifs is 2. The second kappa shape index (κ2) is 18.7. The van der Waals surface area contributed by atoms with Gasteiger partial charge in [0, 0.05) is 71.0 Å². The smallest absolute Gasteiger partial charge is 0.255 e. The van der Waals surface area contributed by atoms with Crippen LogP contribution in [0, 0.1) is 25.7 Å². The molecule has 2 saturated heterocycles. The third-order valence-electron chi connectivity index (χ3n) is 12.1. The second-order valence-electron chi connectivity index (χ2n) is 16.8. The highest BCUT2D eigenvalue weighted by Gasteiger charge is 2.26. The van der Waals surface area contributed by atoms with E-state index in [9.17, 15) is 4.79 Å². The van der Waals surface area contributed by atoms with E-state index in [0.29, 0.717) is 17.4 Å². The molecular formula is C55H53N5O2. The zero-order valence-electron chi connectivity index (χ0n) is 35.6. The number of para-hydroxylation sites is 1. The number of ether oxygens (including phenoxy) is 1. The molecule has 2 fully saturated rings. The first-order valence-electron chi connectivity index (χ1n) is 21.9.